The molecule has 0 atom stereocenters. The first-order valence-corrected chi connectivity index (χ1v) is 6.10. The molecule has 19 heavy (non-hydrogen) atoms. The molecule has 6 heteroatoms. The first-order valence-electron chi connectivity index (χ1n) is 6.10. The number of alkyl halides is 3. The van der Waals surface area contributed by atoms with Gasteiger partial charge in [-0.15, -0.1) is 0 Å². The van der Waals surface area contributed by atoms with Crippen LogP contribution in [-0.2, 0) is 6.18 Å². The molecule has 1 saturated heterocycles. The van der Waals surface area contributed by atoms with Gasteiger partial charge in [0.1, 0.15) is 0 Å². The van der Waals surface area contributed by atoms with Crippen molar-refractivity contribution < 1.29 is 13.2 Å². The van der Waals surface area contributed by atoms with Gasteiger partial charge in [-0.05, 0) is 24.7 Å². The molecular weight excluding hydrogens is 255 g/mol. The normalized spacial score (nSPS) is 18.2. The molecule has 0 radical (unpaired) electrons. The van der Waals surface area contributed by atoms with Crippen molar-refractivity contribution in [3.05, 3.63) is 35.4 Å². The molecule has 3 nitrogen and oxygen atoms in total. The number of rotatable bonds is 2. The van der Waals surface area contributed by atoms with E-state index in [0.29, 0.717) is 5.56 Å². The van der Waals surface area contributed by atoms with Crippen LogP contribution < -0.4 is 0 Å². The predicted molar refractivity (Wildman–Crippen MR) is 68.1 cm³/mol. The molecule has 104 valence electrons. The van der Waals surface area contributed by atoms with E-state index >= 15 is 0 Å². The molecule has 0 aromatic heterocycles. The Morgan fingerprint density at radius 1 is 1.05 bits per heavy atom. The van der Waals surface area contributed by atoms with Crippen molar-refractivity contribution in [2.75, 3.05) is 33.2 Å². The van der Waals surface area contributed by atoms with Gasteiger partial charge >= 0.3 is 6.18 Å². The van der Waals surface area contributed by atoms with Crippen LogP contribution in [0.5, 0.6) is 0 Å². The van der Waals surface area contributed by atoms with Crippen molar-refractivity contribution in [2.45, 2.75) is 6.18 Å². The van der Waals surface area contributed by atoms with E-state index in [-0.39, 0.29) is 0 Å². The molecule has 1 heterocycles. The van der Waals surface area contributed by atoms with Gasteiger partial charge < -0.3 is 4.90 Å². The zero-order valence-electron chi connectivity index (χ0n) is 10.7. The fourth-order valence-corrected chi connectivity index (χ4v) is 1.82. The molecule has 1 fully saturated rings. The third kappa shape index (κ3) is 3.96. The lowest BCUT2D eigenvalue weighted by molar-refractivity contribution is -0.137. The summed E-state index contributed by atoms with van der Waals surface area (Å²) in [5, 5.41) is 6.21. The highest BCUT2D eigenvalue weighted by Gasteiger charge is 2.29. The van der Waals surface area contributed by atoms with Gasteiger partial charge in [0.2, 0.25) is 0 Å². The molecule has 0 bridgehead atoms. The number of likely N-dealkylation sites (N-methyl/N-ethyl adjacent to an activating group) is 1. The summed E-state index contributed by atoms with van der Waals surface area (Å²) in [6.07, 6.45) is -2.68. The molecule has 1 aromatic carbocycles. The molecule has 0 saturated carbocycles. The van der Waals surface area contributed by atoms with Crippen LogP contribution in [0.25, 0.3) is 0 Å². The maximum Gasteiger partial charge on any atom is 0.416 e. The van der Waals surface area contributed by atoms with Crippen LogP contribution in [0.1, 0.15) is 11.1 Å². The van der Waals surface area contributed by atoms with Gasteiger partial charge in [0.15, 0.2) is 0 Å². The number of halogens is 3. The average molecular weight is 271 g/mol. The van der Waals surface area contributed by atoms with E-state index in [1.165, 1.54) is 12.1 Å². The first kappa shape index (κ1) is 13.9. The Bertz CT molecular complexity index is 431. The van der Waals surface area contributed by atoms with Gasteiger partial charge in [-0.2, -0.15) is 18.3 Å². The Labute approximate surface area is 110 Å². The minimum atomic E-state index is -4.28. The van der Waals surface area contributed by atoms with Crippen LogP contribution in [0.2, 0.25) is 0 Å². The zero-order valence-corrected chi connectivity index (χ0v) is 10.7. The van der Waals surface area contributed by atoms with Crippen LogP contribution in [0.15, 0.2) is 29.4 Å². The first-order chi connectivity index (χ1) is 8.95. The number of nitrogens with zero attached hydrogens (tertiary/aromatic N) is 3. The quantitative estimate of drug-likeness (QED) is 0.769. The van der Waals surface area contributed by atoms with Gasteiger partial charge in [0.25, 0.3) is 0 Å². The second-order valence-corrected chi connectivity index (χ2v) is 4.62. The van der Waals surface area contributed by atoms with Gasteiger partial charge in [-0.25, -0.2) is 0 Å². The molecule has 0 aliphatic carbocycles. The summed E-state index contributed by atoms with van der Waals surface area (Å²) in [5.74, 6) is 0. The number of hydrogen-bond acceptors (Lipinski definition) is 3. The van der Waals surface area contributed by atoms with Crippen molar-refractivity contribution in [3.8, 4) is 0 Å². The molecule has 2 rings (SSSR count). The van der Waals surface area contributed by atoms with Crippen molar-refractivity contribution >= 4 is 6.21 Å². The molecular formula is C13H16F3N3. The van der Waals surface area contributed by atoms with E-state index in [1.807, 2.05) is 5.01 Å². The Hall–Kier alpha value is -1.56. The van der Waals surface area contributed by atoms with Crippen LogP contribution in [0.3, 0.4) is 0 Å². The average Bonchev–Trinajstić information content (AvgIpc) is 2.37. The van der Waals surface area contributed by atoms with Gasteiger partial charge in [-0.1, -0.05) is 12.1 Å². The Balaban J connectivity index is 1.96. The van der Waals surface area contributed by atoms with Crippen molar-refractivity contribution in [1.29, 1.82) is 0 Å². The van der Waals surface area contributed by atoms with E-state index in [9.17, 15) is 13.2 Å². The molecule has 0 N–H and O–H groups in total. The van der Waals surface area contributed by atoms with E-state index in [2.05, 4.69) is 17.0 Å². The summed E-state index contributed by atoms with van der Waals surface area (Å²) >= 11 is 0. The summed E-state index contributed by atoms with van der Waals surface area (Å²) < 4.78 is 37.2. The SMILES string of the molecule is CN1CCN(/N=C\c2ccc(C(F)(F)F)cc2)CC1. The Kier molecular flexibility index (Phi) is 4.09. The molecule has 0 spiro atoms. The van der Waals surface area contributed by atoms with Crippen molar-refractivity contribution in [2.24, 2.45) is 5.10 Å². The van der Waals surface area contributed by atoms with Crippen LogP contribution in [0, 0.1) is 0 Å². The van der Waals surface area contributed by atoms with Gasteiger partial charge in [0, 0.05) is 26.2 Å². The second kappa shape index (κ2) is 5.61. The largest absolute Gasteiger partial charge is 0.416 e. The van der Waals surface area contributed by atoms with Crippen LogP contribution >= 0.6 is 0 Å². The third-order valence-electron chi connectivity index (χ3n) is 3.09. The van der Waals surface area contributed by atoms with Gasteiger partial charge in [0.05, 0.1) is 11.8 Å². The highest BCUT2D eigenvalue weighted by molar-refractivity contribution is 5.79. The highest BCUT2D eigenvalue weighted by atomic mass is 19.4. The number of hydrogen-bond donors (Lipinski definition) is 0. The van der Waals surface area contributed by atoms with Gasteiger partial charge in [-0.3, -0.25) is 5.01 Å². The summed E-state index contributed by atoms with van der Waals surface area (Å²) in [4.78, 5) is 2.21. The molecule has 1 aliphatic rings. The summed E-state index contributed by atoms with van der Waals surface area (Å²) in [5.41, 5.74) is 0.0381. The summed E-state index contributed by atoms with van der Waals surface area (Å²) in [6.45, 7) is 3.58. The van der Waals surface area contributed by atoms with Crippen molar-refractivity contribution in [1.82, 2.24) is 9.91 Å². The van der Waals surface area contributed by atoms with E-state index in [1.54, 1.807) is 6.21 Å². The number of piperazine rings is 1. The van der Waals surface area contributed by atoms with E-state index < -0.39 is 11.7 Å². The topological polar surface area (TPSA) is 18.8 Å². The lowest BCUT2D eigenvalue weighted by atomic mass is 10.1. The minimum absolute atomic E-state index is 0.635. The number of benzene rings is 1. The second-order valence-electron chi connectivity index (χ2n) is 4.62. The fraction of sp³-hybridized carbons (Fsp3) is 0.462. The molecule has 1 aromatic rings. The highest BCUT2D eigenvalue weighted by Crippen LogP contribution is 2.28. The molecule has 0 unspecified atom stereocenters. The van der Waals surface area contributed by atoms with Crippen LogP contribution in [-0.4, -0.2) is 49.4 Å². The fourth-order valence-electron chi connectivity index (χ4n) is 1.82. The van der Waals surface area contributed by atoms with Crippen molar-refractivity contribution in [3.63, 3.8) is 0 Å². The summed E-state index contributed by atoms with van der Waals surface area (Å²) in [7, 11) is 2.05. The maximum absolute atomic E-state index is 12.4. The smallest absolute Gasteiger partial charge is 0.303 e. The monoisotopic (exact) mass is 271 g/mol. The molecule has 1 aliphatic heterocycles. The third-order valence-corrected chi connectivity index (χ3v) is 3.09. The van der Waals surface area contributed by atoms with E-state index in [0.717, 1.165) is 38.3 Å². The summed E-state index contributed by atoms with van der Waals surface area (Å²) in [6, 6.07) is 5.02. The zero-order chi connectivity index (χ0) is 13.9. The number of hydrazone groups is 1. The van der Waals surface area contributed by atoms with Crippen LogP contribution in [0.4, 0.5) is 13.2 Å². The predicted octanol–water partition coefficient (Wildman–Crippen LogP) is 2.29. The minimum Gasteiger partial charge on any atom is -0.303 e. The van der Waals surface area contributed by atoms with E-state index in [4.69, 9.17) is 0 Å². The lowest BCUT2D eigenvalue weighted by Crippen LogP contribution is -2.41. The molecule has 0 amide bonds. The lowest BCUT2D eigenvalue weighted by Gasteiger charge is -2.30. The maximum atomic E-state index is 12.4. The standard InChI is InChI=1S/C13H16F3N3/c1-18-6-8-19(9-7-18)17-10-11-2-4-12(5-3-11)13(14,15)16/h2-5,10H,6-9H2,1H3/b17-10-. The Morgan fingerprint density at radius 3 is 2.16 bits per heavy atom. The Morgan fingerprint density at radius 2 is 1.63 bits per heavy atom.